The van der Waals surface area contributed by atoms with Crippen LogP contribution in [-0.2, 0) is 18.4 Å². The van der Waals surface area contributed by atoms with E-state index in [9.17, 15) is 4.79 Å². The molecule has 0 unspecified atom stereocenters. The standard InChI is InChI=1S/C18H24N4O2/c1-20-8-5-19-17(20)13-21-6-3-7-22(10-9-21)18(23)15-12-14(15)16-4-2-11-24-16/h2,4-5,8,11,14-15H,3,6-7,9-10,12-13H2,1H3/t14-,15-/m0/s1. The molecule has 1 amide bonds. The van der Waals surface area contributed by atoms with Gasteiger partial charge in [0.25, 0.3) is 0 Å². The molecule has 0 aromatic carbocycles. The molecule has 0 spiro atoms. The van der Waals surface area contributed by atoms with Crippen molar-refractivity contribution in [1.29, 1.82) is 0 Å². The number of hydrogen-bond donors (Lipinski definition) is 0. The largest absolute Gasteiger partial charge is 0.469 e. The quantitative estimate of drug-likeness (QED) is 0.859. The average Bonchev–Trinajstić information content (AvgIpc) is 3.10. The maximum absolute atomic E-state index is 12.7. The van der Waals surface area contributed by atoms with E-state index in [0.29, 0.717) is 11.8 Å². The fourth-order valence-corrected chi connectivity index (χ4v) is 3.62. The van der Waals surface area contributed by atoms with E-state index in [1.807, 2.05) is 36.5 Å². The smallest absolute Gasteiger partial charge is 0.226 e. The van der Waals surface area contributed by atoms with Crippen LogP contribution in [0.5, 0.6) is 0 Å². The van der Waals surface area contributed by atoms with Gasteiger partial charge in [0.1, 0.15) is 11.6 Å². The summed E-state index contributed by atoms with van der Waals surface area (Å²) in [4.78, 5) is 21.6. The Balaban J connectivity index is 1.32. The van der Waals surface area contributed by atoms with Crippen LogP contribution in [0.15, 0.2) is 35.2 Å². The molecule has 0 N–H and O–H groups in total. The topological polar surface area (TPSA) is 54.5 Å². The minimum Gasteiger partial charge on any atom is -0.469 e. The molecule has 6 heteroatoms. The van der Waals surface area contributed by atoms with Gasteiger partial charge in [0.2, 0.25) is 5.91 Å². The van der Waals surface area contributed by atoms with E-state index in [0.717, 1.165) is 57.2 Å². The van der Waals surface area contributed by atoms with E-state index >= 15 is 0 Å². The minimum absolute atomic E-state index is 0.122. The van der Waals surface area contributed by atoms with Crippen LogP contribution in [0.3, 0.4) is 0 Å². The van der Waals surface area contributed by atoms with Crippen LogP contribution in [0, 0.1) is 5.92 Å². The van der Waals surface area contributed by atoms with Crippen molar-refractivity contribution in [2.45, 2.75) is 25.3 Å². The Labute approximate surface area is 142 Å². The van der Waals surface area contributed by atoms with Crippen molar-refractivity contribution < 1.29 is 9.21 Å². The lowest BCUT2D eigenvalue weighted by atomic mass is 10.2. The van der Waals surface area contributed by atoms with Gasteiger partial charge >= 0.3 is 0 Å². The predicted octanol–water partition coefficient (Wildman–Crippen LogP) is 1.85. The first-order chi connectivity index (χ1) is 11.7. The van der Waals surface area contributed by atoms with Crippen molar-refractivity contribution in [2.24, 2.45) is 13.0 Å². The SMILES string of the molecule is Cn1ccnc1CN1CCCN(C(=O)[C@H]2C[C@@H]2c2ccco2)CC1. The second kappa shape index (κ2) is 6.43. The molecule has 1 saturated heterocycles. The van der Waals surface area contributed by atoms with Crippen LogP contribution in [0.2, 0.25) is 0 Å². The van der Waals surface area contributed by atoms with Gasteiger partial charge in [-0.25, -0.2) is 4.98 Å². The molecule has 3 heterocycles. The summed E-state index contributed by atoms with van der Waals surface area (Å²) in [5.41, 5.74) is 0. The lowest BCUT2D eigenvalue weighted by molar-refractivity contribution is -0.132. The van der Waals surface area contributed by atoms with Crippen molar-refractivity contribution in [3.63, 3.8) is 0 Å². The highest BCUT2D eigenvalue weighted by Gasteiger charge is 2.47. The number of carbonyl (C=O) groups excluding carboxylic acids is 1. The molecule has 4 rings (SSSR count). The molecule has 6 nitrogen and oxygen atoms in total. The van der Waals surface area contributed by atoms with Gasteiger partial charge in [-0.05, 0) is 25.0 Å². The summed E-state index contributed by atoms with van der Waals surface area (Å²) >= 11 is 0. The van der Waals surface area contributed by atoms with E-state index < -0.39 is 0 Å². The summed E-state index contributed by atoms with van der Waals surface area (Å²) < 4.78 is 7.51. The fraction of sp³-hybridized carbons (Fsp3) is 0.556. The summed E-state index contributed by atoms with van der Waals surface area (Å²) in [5.74, 6) is 2.75. The molecular weight excluding hydrogens is 304 g/mol. The number of carbonyl (C=O) groups is 1. The van der Waals surface area contributed by atoms with E-state index in [2.05, 4.69) is 14.5 Å². The summed E-state index contributed by atoms with van der Waals surface area (Å²) in [6.07, 6.45) is 7.46. The molecule has 128 valence electrons. The van der Waals surface area contributed by atoms with Gasteiger partial charge in [0.15, 0.2) is 0 Å². The molecule has 0 bridgehead atoms. The monoisotopic (exact) mass is 328 g/mol. The number of amides is 1. The average molecular weight is 328 g/mol. The summed E-state index contributed by atoms with van der Waals surface area (Å²) in [6, 6.07) is 3.88. The van der Waals surface area contributed by atoms with E-state index in [1.165, 1.54) is 0 Å². The van der Waals surface area contributed by atoms with Crippen LogP contribution in [-0.4, -0.2) is 51.4 Å². The Morgan fingerprint density at radius 3 is 3.00 bits per heavy atom. The zero-order chi connectivity index (χ0) is 16.5. The molecule has 2 aliphatic rings. The molecular formula is C18H24N4O2. The van der Waals surface area contributed by atoms with Crippen molar-refractivity contribution in [1.82, 2.24) is 19.4 Å². The molecule has 1 saturated carbocycles. The summed E-state index contributed by atoms with van der Waals surface area (Å²) in [5, 5.41) is 0. The summed E-state index contributed by atoms with van der Waals surface area (Å²) in [7, 11) is 2.03. The van der Waals surface area contributed by atoms with Crippen LogP contribution in [0.25, 0.3) is 0 Å². The first-order valence-electron chi connectivity index (χ1n) is 8.73. The molecule has 2 fully saturated rings. The molecule has 1 aliphatic heterocycles. The highest BCUT2D eigenvalue weighted by molar-refractivity contribution is 5.82. The van der Waals surface area contributed by atoms with Gasteiger partial charge in [-0.2, -0.15) is 0 Å². The third kappa shape index (κ3) is 3.11. The van der Waals surface area contributed by atoms with Crippen molar-refractivity contribution in [3.05, 3.63) is 42.4 Å². The second-order valence-electron chi connectivity index (χ2n) is 6.87. The van der Waals surface area contributed by atoms with E-state index in [4.69, 9.17) is 4.42 Å². The van der Waals surface area contributed by atoms with Crippen LogP contribution >= 0.6 is 0 Å². The van der Waals surface area contributed by atoms with E-state index in [-0.39, 0.29) is 5.92 Å². The Kier molecular flexibility index (Phi) is 4.14. The van der Waals surface area contributed by atoms with E-state index in [1.54, 1.807) is 6.26 Å². The van der Waals surface area contributed by atoms with Gasteiger partial charge in [0.05, 0.1) is 12.8 Å². The number of nitrogens with zero attached hydrogens (tertiary/aromatic N) is 4. The zero-order valence-corrected chi connectivity index (χ0v) is 14.1. The van der Waals surface area contributed by atoms with Crippen LogP contribution < -0.4 is 0 Å². The zero-order valence-electron chi connectivity index (χ0n) is 14.1. The number of aryl methyl sites for hydroxylation is 1. The van der Waals surface area contributed by atoms with Crippen molar-refractivity contribution >= 4 is 5.91 Å². The van der Waals surface area contributed by atoms with Crippen molar-refractivity contribution in [2.75, 3.05) is 26.2 Å². The highest BCUT2D eigenvalue weighted by Crippen LogP contribution is 2.48. The van der Waals surface area contributed by atoms with Gasteiger partial charge in [-0.1, -0.05) is 0 Å². The Bertz CT molecular complexity index is 694. The molecule has 2 atom stereocenters. The number of furan rings is 1. The molecule has 2 aromatic rings. The Hall–Kier alpha value is -2.08. The number of rotatable bonds is 4. The van der Waals surface area contributed by atoms with Crippen LogP contribution in [0.4, 0.5) is 0 Å². The first kappa shape index (κ1) is 15.4. The van der Waals surface area contributed by atoms with Gasteiger partial charge < -0.3 is 13.9 Å². The predicted molar refractivity (Wildman–Crippen MR) is 89.2 cm³/mol. The number of hydrogen-bond acceptors (Lipinski definition) is 4. The third-order valence-corrected chi connectivity index (χ3v) is 5.20. The van der Waals surface area contributed by atoms with Gasteiger partial charge in [0, 0.05) is 57.5 Å². The molecule has 24 heavy (non-hydrogen) atoms. The normalized spacial score (nSPS) is 24.8. The van der Waals surface area contributed by atoms with Gasteiger partial charge in [-0.15, -0.1) is 0 Å². The highest BCUT2D eigenvalue weighted by atomic mass is 16.3. The Morgan fingerprint density at radius 2 is 2.25 bits per heavy atom. The first-order valence-corrected chi connectivity index (χ1v) is 8.73. The van der Waals surface area contributed by atoms with Gasteiger partial charge in [-0.3, -0.25) is 9.69 Å². The van der Waals surface area contributed by atoms with Crippen molar-refractivity contribution in [3.8, 4) is 0 Å². The molecule has 0 radical (unpaired) electrons. The lowest BCUT2D eigenvalue weighted by Gasteiger charge is -2.22. The molecule has 1 aliphatic carbocycles. The summed E-state index contributed by atoms with van der Waals surface area (Å²) in [6.45, 7) is 4.45. The number of imidazole rings is 1. The Morgan fingerprint density at radius 1 is 1.33 bits per heavy atom. The maximum atomic E-state index is 12.7. The molecule has 2 aromatic heterocycles. The second-order valence-corrected chi connectivity index (χ2v) is 6.87. The minimum atomic E-state index is 0.122. The number of aromatic nitrogens is 2. The fourth-order valence-electron chi connectivity index (χ4n) is 3.62. The lowest BCUT2D eigenvalue weighted by Crippen LogP contribution is -2.36. The third-order valence-electron chi connectivity index (χ3n) is 5.20. The maximum Gasteiger partial charge on any atom is 0.226 e. The van der Waals surface area contributed by atoms with Crippen LogP contribution in [0.1, 0.15) is 30.3 Å².